The predicted molar refractivity (Wildman–Crippen MR) is 82.6 cm³/mol. The number of hydrogen-bond donors (Lipinski definition) is 1. The van der Waals surface area contributed by atoms with E-state index in [2.05, 4.69) is 21.2 Å². The van der Waals surface area contributed by atoms with E-state index in [1.807, 2.05) is 11.4 Å². The van der Waals surface area contributed by atoms with E-state index in [0.29, 0.717) is 19.6 Å². The van der Waals surface area contributed by atoms with Crippen LogP contribution in [0.2, 0.25) is 0 Å². The summed E-state index contributed by atoms with van der Waals surface area (Å²) in [5.74, 6) is -0.834. The third-order valence-electron chi connectivity index (χ3n) is 3.20. The smallest absolute Gasteiger partial charge is 0.312 e. The first-order chi connectivity index (χ1) is 9.58. The van der Waals surface area contributed by atoms with E-state index in [0.717, 1.165) is 28.9 Å². The lowest BCUT2D eigenvalue weighted by Crippen LogP contribution is -2.44. The summed E-state index contributed by atoms with van der Waals surface area (Å²) in [5, 5.41) is 5.20. The molecule has 1 aromatic rings. The number of carbonyl (C=O) groups is 2. The van der Waals surface area contributed by atoms with Crippen LogP contribution in [0.3, 0.4) is 0 Å². The largest absolute Gasteiger partial charge is 0.333 e. The van der Waals surface area contributed by atoms with Crippen LogP contribution in [0.25, 0.3) is 0 Å². The van der Waals surface area contributed by atoms with E-state index >= 15 is 0 Å². The number of nitrogens with one attached hydrogen (secondary N) is 1. The predicted octanol–water partition coefficient (Wildman–Crippen LogP) is 1.29. The van der Waals surface area contributed by atoms with Crippen LogP contribution in [0.5, 0.6) is 0 Å². The summed E-state index contributed by atoms with van der Waals surface area (Å²) in [6.07, 6.45) is 0.889. The molecule has 1 N–H and O–H groups in total. The van der Waals surface area contributed by atoms with Gasteiger partial charge in [0.15, 0.2) is 0 Å². The topological polar surface area (TPSA) is 52.7 Å². The van der Waals surface area contributed by atoms with Gasteiger partial charge in [-0.15, -0.1) is 11.3 Å². The second-order valence-corrected chi connectivity index (χ2v) is 7.11. The van der Waals surface area contributed by atoms with Crippen molar-refractivity contribution in [1.29, 1.82) is 0 Å². The summed E-state index contributed by atoms with van der Waals surface area (Å²) >= 11 is 4.96. The minimum atomic E-state index is -0.436. The van der Waals surface area contributed by atoms with Crippen LogP contribution in [-0.2, 0) is 16.1 Å². The highest BCUT2D eigenvalue weighted by Gasteiger charge is 2.25. The second-order valence-electron chi connectivity index (χ2n) is 4.82. The fourth-order valence-electron chi connectivity index (χ4n) is 2.12. The van der Waals surface area contributed by atoms with Crippen LogP contribution < -0.4 is 5.32 Å². The highest BCUT2D eigenvalue weighted by atomic mass is 79.9. The van der Waals surface area contributed by atoms with Crippen molar-refractivity contribution in [2.24, 2.45) is 0 Å². The molecule has 1 fully saturated rings. The molecule has 2 amide bonds. The lowest BCUT2D eigenvalue weighted by molar-refractivity contribution is -0.151. The van der Waals surface area contributed by atoms with Crippen molar-refractivity contribution in [2.45, 2.75) is 13.0 Å². The molecule has 0 bridgehead atoms. The van der Waals surface area contributed by atoms with E-state index in [1.54, 1.807) is 23.3 Å². The van der Waals surface area contributed by atoms with E-state index in [9.17, 15) is 9.59 Å². The molecule has 0 radical (unpaired) electrons. The number of thiophene rings is 1. The summed E-state index contributed by atoms with van der Waals surface area (Å²) in [7, 11) is 1.67. The lowest BCUT2D eigenvalue weighted by atomic mass is 10.3. The Balaban J connectivity index is 1.93. The van der Waals surface area contributed by atoms with Crippen molar-refractivity contribution in [2.75, 3.05) is 33.2 Å². The van der Waals surface area contributed by atoms with Gasteiger partial charge in [0, 0.05) is 33.2 Å². The molecule has 1 aliphatic heterocycles. The van der Waals surface area contributed by atoms with Crippen LogP contribution >= 0.6 is 27.3 Å². The summed E-state index contributed by atoms with van der Waals surface area (Å²) in [6.45, 7) is 3.35. The van der Waals surface area contributed by atoms with Gasteiger partial charge in [0.05, 0.1) is 3.79 Å². The van der Waals surface area contributed by atoms with Gasteiger partial charge in [-0.2, -0.15) is 0 Å². The Morgan fingerprint density at radius 1 is 1.45 bits per heavy atom. The number of hydrogen-bond acceptors (Lipinski definition) is 4. The molecular weight excluding hydrogens is 342 g/mol. The van der Waals surface area contributed by atoms with Crippen LogP contribution in [0, 0.1) is 0 Å². The molecule has 0 spiro atoms. The summed E-state index contributed by atoms with van der Waals surface area (Å²) < 4.78 is 1.03. The van der Waals surface area contributed by atoms with Crippen LogP contribution in [0.4, 0.5) is 0 Å². The Morgan fingerprint density at radius 3 is 2.95 bits per heavy atom. The van der Waals surface area contributed by atoms with Crippen molar-refractivity contribution in [1.82, 2.24) is 15.1 Å². The molecule has 7 heteroatoms. The molecule has 0 unspecified atom stereocenters. The van der Waals surface area contributed by atoms with Crippen molar-refractivity contribution in [3.63, 3.8) is 0 Å². The zero-order valence-corrected chi connectivity index (χ0v) is 13.8. The fraction of sp³-hybridized carbons (Fsp3) is 0.538. The molecule has 0 aliphatic carbocycles. The van der Waals surface area contributed by atoms with E-state index in [-0.39, 0.29) is 0 Å². The van der Waals surface area contributed by atoms with Gasteiger partial charge in [-0.3, -0.25) is 9.59 Å². The van der Waals surface area contributed by atoms with Crippen molar-refractivity contribution < 1.29 is 9.59 Å². The normalized spacial score (nSPS) is 15.8. The van der Waals surface area contributed by atoms with Gasteiger partial charge in [0.25, 0.3) is 0 Å². The zero-order valence-electron chi connectivity index (χ0n) is 11.4. The number of carbonyl (C=O) groups excluding carboxylic acids is 2. The maximum absolute atomic E-state index is 12.2. The average molecular weight is 360 g/mol. The minimum Gasteiger partial charge on any atom is -0.333 e. The molecular formula is C13H18BrN3O2S. The van der Waals surface area contributed by atoms with E-state index in [4.69, 9.17) is 0 Å². The molecule has 0 atom stereocenters. The first kappa shape index (κ1) is 15.5. The Labute approximate surface area is 131 Å². The minimum absolute atomic E-state index is 0.398. The Morgan fingerprint density at radius 2 is 2.25 bits per heavy atom. The third kappa shape index (κ3) is 4.04. The van der Waals surface area contributed by atoms with Gasteiger partial charge < -0.3 is 15.1 Å². The molecule has 1 aromatic heterocycles. The molecule has 5 nitrogen and oxygen atoms in total. The van der Waals surface area contributed by atoms with E-state index in [1.165, 1.54) is 4.90 Å². The van der Waals surface area contributed by atoms with Crippen molar-refractivity contribution >= 4 is 39.1 Å². The standard InChI is InChI=1S/C13H18BrN3O2S/c1-16(8-10-7-11(14)20-9-10)12(18)13(19)17-5-2-3-15-4-6-17/h7,9,15H,2-6,8H2,1H3. The summed E-state index contributed by atoms with van der Waals surface area (Å²) in [4.78, 5) is 27.5. The Hall–Kier alpha value is -0.920. The molecule has 20 heavy (non-hydrogen) atoms. The molecule has 110 valence electrons. The average Bonchev–Trinajstić information content (AvgIpc) is 2.69. The van der Waals surface area contributed by atoms with Crippen LogP contribution in [0.15, 0.2) is 15.2 Å². The molecule has 0 saturated carbocycles. The van der Waals surface area contributed by atoms with Crippen LogP contribution in [-0.4, -0.2) is 54.8 Å². The number of nitrogens with zero attached hydrogens (tertiary/aromatic N) is 2. The van der Waals surface area contributed by atoms with Gasteiger partial charge >= 0.3 is 11.8 Å². The SMILES string of the molecule is CN(Cc1csc(Br)c1)C(=O)C(=O)N1CCCNCC1. The third-order valence-corrected chi connectivity index (χ3v) is 4.75. The highest BCUT2D eigenvalue weighted by molar-refractivity contribution is 9.11. The first-order valence-corrected chi connectivity index (χ1v) is 8.23. The van der Waals surface area contributed by atoms with Crippen molar-refractivity contribution in [3.8, 4) is 0 Å². The van der Waals surface area contributed by atoms with Gasteiger partial charge in [0.1, 0.15) is 0 Å². The van der Waals surface area contributed by atoms with Crippen LogP contribution in [0.1, 0.15) is 12.0 Å². The highest BCUT2D eigenvalue weighted by Crippen LogP contribution is 2.21. The monoisotopic (exact) mass is 359 g/mol. The molecule has 0 aromatic carbocycles. The van der Waals surface area contributed by atoms with Gasteiger partial charge in [-0.05, 0) is 45.9 Å². The quantitative estimate of drug-likeness (QED) is 0.809. The number of likely N-dealkylation sites (N-methyl/N-ethyl adjacent to an activating group) is 1. The maximum atomic E-state index is 12.2. The van der Waals surface area contributed by atoms with Gasteiger partial charge in [0.2, 0.25) is 0 Å². The molecule has 2 rings (SSSR count). The lowest BCUT2D eigenvalue weighted by Gasteiger charge is -2.23. The van der Waals surface area contributed by atoms with Gasteiger partial charge in [-0.25, -0.2) is 0 Å². The maximum Gasteiger partial charge on any atom is 0.312 e. The number of rotatable bonds is 2. The van der Waals surface area contributed by atoms with Gasteiger partial charge in [-0.1, -0.05) is 0 Å². The Bertz CT molecular complexity index is 484. The second kappa shape index (κ2) is 7.19. The summed E-state index contributed by atoms with van der Waals surface area (Å²) in [6, 6.07) is 1.97. The Kier molecular flexibility index (Phi) is 5.56. The van der Waals surface area contributed by atoms with Crippen molar-refractivity contribution in [3.05, 3.63) is 20.8 Å². The zero-order chi connectivity index (χ0) is 14.5. The number of halogens is 1. The number of amides is 2. The van der Waals surface area contributed by atoms with E-state index < -0.39 is 11.8 Å². The molecule has 2 heterocycles. The fourth-order valence-corrected chi connectivity index (χ4v) is 3.32. The molecule has 1 aliphatic rings. The molecule has 1 saturated heterocycles. The summed E-state index contributed by atoms with van der Waals surface area (Å²) in [5.41, 5.74) is 1.03. The first-order valence-electron chi connectivity index (χ1n) is 6.56.